The monoisotopic (exact) mass is 261 g/mol. The van der Waals surface area contributed by atoms with Crippen molar-refractivity contribution in [3.05, 3.63) is 0 Å². The first kappa shape index (κ1) is 14.8. The van der Waals surface area contributed by atoms with Crippen molar-refractivity contribution < 1.29 is 14.6 Å². The van der Waals surface area contributed by atoms with E-state index in [-0.39, 0.29) is 18.6 Å². The standard InChI is InChI=1S/C12H23NO3S/c1-16-7-8-17-10-12(15)13-6-4-2-3-5-11(13)9-14/h11,14H,2-10H2,1H3. The van der Waals surface area contributed by atoms with Gasteiger partial charge in [-0.25, -0.2) is 0 Å². The number of hydrogen-bond acceptors (Lipinski definition) is 4. The molecule has 1 heterocycles. The van der Waals surface area contributed by atoms with Crippen LogP contribution >= 0.6 is 11.8 Å². The number of carbonyl (C=O) groups excluding carboxylic acids is 1. The van der Waals surface area contributed by atoms with E-state index in [1.54, 1.807) is 18.9 Å². The topological polar surface area (TPSA) is 49.8 Å². The minimum absolute atomic E-state index is 0.0352. The summed E-state index contributed by atoms with van der Waals surface area (Å²) >= 11 is 1.60. The van der Waals surface area contributed by atoms with Crippen molar-refractivity contribution in [3.8, 4) is 0 Å². The van der Waals surface area contributed by atoms with Gasteiger partial charge in [0.25, 0.3) is 0 Å². The second-order valence-corrected chi connectivity index (χ2v) is 5.42. The van der Waals surface area contributed by atoms with Gasteiger partial charge < -0.3 is 14.7 Å². The predicted octanol–water partition coefficient (Wildman–Crippen LogP) is 1.13. The highest BCUT2D eigenvalue weighted by Gasteiger charge is 2.24. The maximum atomic E-state index is 12.0. The molecule has 0 bridgehead atoms. The van der Waals surface area contributed by atoms with Gasteiger partial charge in [-0.05, 0) is 12.8 Å². The number of hydrogen-bond donors (Lipinski definition) is 1. The molecule has 1 aliphatic heterocycles. The van der Waals surface area contributed by atoms with Crippen LogP contribution in [0.2, 0.25) is 0 Å². The summed E-state index contributed by atoms with van der Waals surface area (Å²) in [5, 5.41) is 9.32. The SMILES string of the molecule is COCCSCC(=O)N1CCCCCC1CO. The van der Waals surface area contributed by atoms with Crippen LogP contribution in [0.4, 0.5) is 0 Å². The number of nitrogens with zero attached hydrogens (tertiary/aromatic N) is 1. The molecule has 1 saturated heterocycles. The Kier molecular flexibility index (Phi) is 7.64. The van der Waals surface area contributed by atoms with Gasteiger partial charge in [-0.1, -0.05) is 12.8 Å². The third-order valence-corrected chi connectivity index (χ3v) is 3.97. The summed E-state index contributed by atoms with van der Waals surface area (Å²) in [6.07, 6.45) is 4.28. The van der Waals surface area contributed by atoms with Crippen LogP contribution in [0.15, 0.2) is 0 Å². The summed E-state index contributed by atoms with van der Waals surface area (Å²) in [5.74, 6) is 1.51. The molecule has 1 unspecified atom stereocenters. The number of thioether (sulfide) groups is 1. The Bertz CT molecular complexity index is 226. The van der Waals surface area contributed by atoms with E-state index in [0.29, 0.717) is 12.4 Å². The summed E-state index contributed by atoms with van der Waals surface area (Å²) in [4.78, 5) is 13.9. The third kappa shape index (κ3) is 5.27. The molecule has 0 aromatic rings. The van der Waals surface area contributed by atoms with Crippen LogP contribution in [0.25, 0.3) is 0 Å². The number of carbonyl (C=O) groups is 1. The molecule has 0 aromatic heterocycles. The van der Waals surface area contributed by atoms with Crippen LogP contribution in [-0.4, -0.2) is 60.3 Å². The Hall–Kier alpha value is -0.260. The van der Waals surface area contributed by atoms with Crippen LogP contribution < -0.4 is 0 Å². The first-order valence-corrected chi connectivity index (χ1v) is 7.42. The Morgan fingerprint density at radius 2 is 2.29 bits per heavy atom. The molecule has 1 aliphatic rings. The number of rotatable bonds is 6. The maximum Gasteiger partial charge on any atom is 0.232 e. The van der Waals surface area contributed by atoms with Gasteiger partial charge in [0.2, 0.25) is 5.91 Å². The summed E-state index contributed by atoms with van der Waals surface area (Å²) in [5.41, 5.74) is 0. The van der Waals surface area contributed by atoms with Gasteiger partial charge in [0, 0.05) is 19.4 Å². The quantitative estimate of drug-likeness (QED) is 0.728. The molecule has 1 amide bonds. The molecule has 1 fully saturated rings. The van der Waals surface area contributed by atoms with Gasteiger partial charge in [0.1, 0.15) is 0 Å². The number of ether oxygens (including phenoxy) is 1. The molecule has 1 rings (SSSR count). The summed E-state index contributed by atoms with van der Waals surface area (Å²) in [7, 11) is 1.67. The third-order valence-electron chi connectivity index (χ3n) is 3.07. The molecule has 0 saturated carbocycles. The molecule has 0 radical (unpaired) electrons. The highest BCUT2D eigenvalue weighted by atomic mass is 32.2. The fourth-order valence-electron chi connectivity index (χ4n) is 2.08. The van der Waals surface area contributed by atoms with E-state index in [1.165, 1.54) is 0 Å². The van der Waals surface area contributed by atoms with Crippen molar-refractivity contribution in [2.75, 3.05) is 38.4 Å². The van der Waals surface area contributed by atoms with E-state index < -0.39 is 0 Å². The zero-order chi connectivity index (χ0) is 12.5. The number of amides is 1. The minimum atomic E-state index is 0.0352. The number of aliphatic hydroxyl groups excluding tert-OH is 1. The molecule has 1 atom stereocenters. The first-order valence-electron chi connectivity index (χ1n) is 6.26. The van der Waals surface area contributed by atoms with Crippen LogP contribution in [0.1, 0.15) is 25.7 Å². The second-order valence-electron chi connectivity index (χ2n) is 4.32. The lowest BCUT2D eigenvalue weighted by Gasteiger charge is -2.28. The number of methoxy groups -OCH3 is 1. The zero-order valence-electron chi connectivity index (χ0n) is 10.6. The van der Waals surface area contributed by atoms with Crippen LogP contribution in [0.5, 0.6) is 0 Å². The van der Waals surface area contributed by atoms with Gasteiger partial charge in [0.05, 0.1) is 25.0 Å². The van der Waals surface area contributed by atoms with E-state index >= 15 is 0 Å². The van der Waals surface area contributed by atoms with Crippen molar-refractivity contribution in [2.45, 2.75) is 31.7 Å². The fourth-order valence-corrected chi connectivity index (χ4v) is 2.85. The molecule has 1 N–H and O–H groups in total. The van der Waals surface area contributed by atoms with Crippen molar-refractivity contribution in [2.24, 2.45) is 0 Å². The number of likely N-dealkylation sites (tertiary alicyclic amines) is 1. The predicted molar refractivity (Wildman–Crippen MR) is 70.3 cm³/mol. The minimum Gasteiger partial charge on any atom is -0.394 e. The van der Waals surface area contributed by atoms with E-state index in [4.69, 9.17) is 4.74 Å². The second kappa shape index (κ2) is 8.78. The lowest BCUT2D eigenvalue weighted by Crippen LogP contribution is -2.43. The normalized spacial score (nSPS) is 21.3. The highest BCUT2D eigenvalue weighted by molar-refractivity contribution is 7.99. The van der Waals surface area contributed by atoms with Crippen molar-refractivity contribution in [1.29, 1.82) is 0 Å². The Morgan fingerprint density at radius 3 is 3.00 bits per heavy atom. The molecule has 100 valence electrons. The lowest BCUT2D eigenvalue weighted by atomic mass is 10.1. The Labute approximate surface area is 108 Å². The highest BCUT2D eigenvalue weighted by Crippen LogP contribution is 2.17. The molecule has 17 heavy (non-hydrogen) atoms. The van der Waals surface area contributed by atoms with Gasteiger partial charge in [-0.15, -0.1) is 11.8 Å². The van der Waals surface area contributed by atoms with E-state index in [2.05, 4.69) is 0 Å². The van der Waals surface area contributed by atoms with Crippen LogP contribution in [-0.2, 0) is 9.53 Å². The average Bonchev–Trinajstić information content (AvgIpc) is 2.59. The van der Waals surface area contributed by atoms with Crippen molar-refractivity contribution in [1.82, 2.24) is 4.90 Å². The molecule has 0 aromatic carbocycles. The van der Waals surface area contributed by atoms with E-state index in [0.717, 1.165) is 38.0 Å². The van der Waals surface area contributed by atoms with Crippen molar-refractivity contribution >= 4 is 17.7 Å². The smallest absolute Gasteiger partial charge is 0.232 e. The average molecular weight is 261 g/mol. The molecule has 5 heteroatoms. The Morgan fingerprint density at radius 1 is 1.47 bits per heavy atom. The summed E-state index contributed by atoms with van der Waals surface area (Å²) in [6, 6.07) is 0.0352. The first-order chi connectivity index (χ1) is 8.29. The molecule has 4 nitrogen and oxygen atoms in total. The van der Waals surface area contributed by atoms with Gasteiger partial charge in [0.15, 0.2) is 0 Å². The van der Waals surface area contributed by atoms with Gasteiger partial charge in [-0.2, -0.15) is 0 Å². The molecular weight excluding hydrogens is 238 g/mol. The van der Waals surface area contributed by atoms with E-state index in [9.17, 15) is 9.90 Å². The number of aliphatic hydroxyl groups is 1. The van der Waals surface area contributed by atoms with E-state index in [1.807, 2.05) is 4.90 Å². The fraction of sp³-hybridized carbons (Fsp3) is 0.917. The summed E-state index contributed by atoms with van der Waals surface area (Å²) in [6.45, 7) is 1.57. The molecular formula is C12H23NO3S. The van der Waals surface area contributed by atoms with Gasteiger partial charge in [-0.3, -0.25) is 4.79 Å². The van der Waals surface area contributed by atoms with Crippen LogP contribution in [0, 0.1) is 0 Å². The van der Waals surface area contributed by atoms with Gasteiger partial charge >= 0.3 is 0 Å². The largest absolute Gasteiger partial charge is 0.394 e. The lowest BCUT2D eigenvalue weighted by molar-refractivity contribution is -0.131. The molecule has 0 spiro atoms. The Balaban J connectivity index is 2.35. The molecule has 0 aliphatic carbocycles. The maximum absolute atomic E-state index is 12.0. The van der Waals surface area contributed by atoms with Crippen LogP contribution in [0.3, 0.4) is 0 Å². The van der Waals surface area contributed by atoms with Crippen molar-refractivity contribution in [3.63, 3.8) is 0 Å². The zero-order valence-corrected chi connectivity index (χ0v) is 11.4. The summed E-state index contributed by atoms with van der Waals surface area (Å²) < 4.78 is 4.95.